The van der Waals surface area contributed by atoms with Gasteiger partial charge in [0.15, 0.2) is 0 Å². The largest absolute Gasteiger partial charge is 0.316 e. The van der Waals surface area contributed by atoms with E-state index < -0.39 is 0 Å². The SMILES string of the molecule is CNCc1cccc(-c2ccc(-c3ccccc3)cc2)c1. The zero-order valence-electron chi connectivity index (χ0n) is 12.2. The van der Waals surface area contributed by atoms with Gasteiger partial charge >= 0.3 is 0 Å². The fraction of sp³-hybridized carbons (Fsp3) is 0.100. The summed E-state index contributed by atoms with van der Waals surface area (Å²) < 4.78 is 0. The molecule has 0 aliphatic heterocycles. The lowest BCUT2D eigenvalue weighted by Gasteiger charge is -2.07. The van der Waals surface area contributed by atoms with Crippen LogP contribution in [0.2, 0.25) is 0 Å². The van der Waals surface area contributed by atoms with Crippen molar-refractivity contribution in [3.63, 3.8) is 0 Å². The van der Waals surface area contributed by atoms with Crippen LogP contribution in [0.15, 0.2) is 78.9 Å². The van der Waals surface area contributed by atoms with Gasteiger partial charge in [0.2, 0.25) is 0 Å². The quantitative estimate of drug-likeness (QED) is 0.724. The first-order valence-corrected chi connectivity index (χ1v) is 7.26. The molecule has 104 valence electrons. The lowest BCUT2D eigenvalue weighted by atomic mass is 9.99. The van der Waals surface area contributed by atoms with E-state index in [-0.39, 0.29) is 0 Å². The van der Waals surface area contributed by atoms with E-state index in [4.69, 9.17) is 0 Å². The van der Waals surface area contributed by atoms with Crippen LogP contribution in [0.1, 0.15) is 5.56 Å². The highest BCUT2D eigenvalue weighted by Crippen LogP contribution is 2.25. The molecule has 1 nitrogen and oxygen atoms in total. The maximum absolute atomic E-state index is 3.19. The molecule has 0 amide bonds. The predicted octanol–water partition coefficient (Wildman–Crippen LogP) is 4.74. The minimum absolute atomic E-state index is 0.899. The summed E-state index contributed by atoms with van der Waals surface area (Å²) in [6.45, 7) is 0.899. The van der Waals surface area contributed by atoms with Crippen LogP contribution in [0.25, 0.3) is 22.3 Å². The molecule has 0 radical (unpaired) electrons. The Kier molecular flexibility index (Phi) is 4.13. The summed E-state index contributed by atoms with van der Waals surface area (Å²) in [6, 6.07) is 27.9. The Morgan fingerprint density at radius 3 is 1.86 bits per heavy atom. The molecule has 1 N–H and O–H groups in total. The molecule has 0 spiro atoms. The normalized spacial score (nSPS) is 10.5. The minimum atomic E-state index is 0.899. The Balaban J connectivity index is 1.89. The molecule has 0 fully saturated rings. The van der Waals surface area contributed by atoms with Crippen LogP contribution in [-0.2, 0) is 6.54 Å². The predicted molar refractivity (Wildman–Crippen MR) is 90.1 cm³/mol. The second kappa shape index (κ2) is 6.38. The van der Waals surface area contributed by atoms with Gasteiger partial charge in [0.1, 0.15) is 0 Å². The summed E-state index contributed by atoms with van der Waals surface area (Å²) in [5.41, 5.74) is 6.34. The Morgan fingerprint density at radius 2 is 1.19 bits per heavy atom. The van der Waals surface area contributed by atoms with Gasteiger partial charge in [-0.2, -0.15) is 0 Å². The van der Waals surface area contributed by atoms with Gasteiger partial charge in [0, 0.05) is 6.54 Å². The van der Waals surface area contributed by atoms with Crippen molar-refractivity contribution in [2.75, 3.05) is 7.05 Å². The summed E-state index contributed by atoms with van der Waals surface area (Å²) in [7, 11) is 1.97. The maximum atomic E-state index is 3.19. The molecule has 1 heteroatoms. The number of rotatable bonds is 4. The average Bonchev–Trinajstić information content (AvgIpc) is 2.56. The third kappa shape index (κ3) is 3.21. The van der Waals surface area contributed by atoms with Gasteiger partial charge in [-0.3, -0.25) is 0 Å². The number of hydrogen-bond acceptors (Lipinski definition) is 1. The molecule has 3 aromatic carbocycles. The zero-order valence-corrected chi connectivity index (χ0v) is 12.2. The standard InChI is InChI=1S/C20H19N/c1-21-15-16-6-5-9-20(14-16)19-12-10-18(11-13-19)17-7-3-2-4-8-17/h2-14,21H,15H2,1H3. The fourth-order valence-corrected chi connectivity index (χ4v) is 2.55. The summed E-state index contributed by atoms with van der Waals surface area (Å²) in [5, 5.41) is 3.19. The first-order valence-electron chi connectivity index (χ1n) is 7.26. The van der Waals surface area contributed by atoms with Crippen LogP contribution < -0.4 is 5.32 Å². The van der Waals surface area contributed by atoms with E-state index >= 15 is 0 Å². The Hall–Kier alpha value is -2.38. The van der Waals surface area contributed by atoms with E-state index in [1.165, 1.54) is 27.8 Å². The van der Waals surface area contributed by atoms with Crippen LogP contribution >= 0.6 is 0 Å². The molecular weight excluding hydrogens is 254 g/mol. The number of nitrogens with one attached hydrogen (secondary N) is 1. The van der Waals surface area contributed by atoms with Crippen LogP contribution in [-0.4, -0.2) is 7.05 Å². The maximum Gasteiger partial charge on any atom is 0.0202 e. The molecule has 0 aliphatic rings. The molecule has 0 unspecified atom stereocenters. The molecule has 0 aromatic heterocycles. The monoisotopic (exact) mass is 273 g/mol. The third-order valence-corrected chi connectivity index (χ3v) is 3.63. The highest BCUT2D eigenvalue weighted by molar-refractivity contribution is 5.70. The van der Waals surface area contributed by atoms with Crippen molar-refractivity contribution in [3.8, 4) is 22.3 Å². The molecule has 0 atom stereocenters. The van der Waals surface area contributed by atoms with Crippen molar-refractivity contribution in [1.82, 2.24) is 5.32 Å². The summed E-state index contributed by atoms with van der Waals surface area (Å²) in [5.74, 6) is 0. The molecule has 0 aliphatic carbocycles. The number of benzene rings is 3. The molecule has 0 saturated carbocycles. The van der Waals surface area contributed by atoms with E-state index in [0.717, 1.165) is 6.54 Å². The van der Waals surface area contributed by atoms with E-state index in [1.54, 1.807) is 0 Å². The summed E-state index contributed by atoms with van der Waals surface area (Å²) >= 11 is 0. The van der Waals surface area contributed by atoms with E-state index in [2.05, 4.69) is 78.1 Å². The smallest absolute Gasteiger partial charge is 0.0202 e. The Labute approximate surface area is 126 Å². The van der Waals surface area contributed by atoms with E-state index in [1.807, 2.05) is 13.1 Å². The Bertz CT molecular complexity index is 699. The van der Waals surface area contributed by atoms with Crippen molar-refractivity contribution in [2.45, 2.75) is 6.54 Å². The van der Waals surface area contributed by atoms with Crippen molar-refractivity contribution < 1.29 is 0 Å². The molecule has 0 heterocycles. The van der Waals surface area contributed by atoms with Gasteiger partial charge in [-0.15, -0.1) is 0 Å². The highest BCUT2D eigenvalue weighted by Gasteiger charge is 2.01. The Morgan fingerprint density at radius 1 is 0.619 bits per heavy atom. The molecule has 3 aromatic rings. The average molecular weight is 273 g/mol. The van der Waals surface area contributed by atoms with Crippen LogP contribution in [0, 0.1) is 0 Å². The fourth-order valence-electron chi connectivity index (χ4n) is 2.55. The first kappa shape index (κ1) is 13.6. The third-order valence-electron chi connectivity index (χ3n) is 3.63. The summed E-state index contributed by atoms with van der Waals surface area (Å²) in [6.07, 6.45) is 0. The second-order valence-electron chi connectivity index (χ2n) is 5.17. The van der Waals surface area contributed by atoms with Gasteiger partial charge in [-0.1, -0.05) is 72.8 Å². The van der Waals surface area contributed by atoms with Crippen LogP contribution in [0.5, 0.6) is 0 Å². The van der Waals surface area contributed by atoms with Crippen LogP contribution in [0.4, 0.5) is 0 Å². The summed E-state index contributed by atoms with van der Waals surface area (Å²) in [4.78, 5) is 0. The van der Waals surface area contributed by atoms with Crippen molar-refractivity contribution >= 4 is 0 Å². The first-order chi connectivity index (χ1) is 10.4. The van der Waals surface area contributed by atoms with Gasteiger partial charge in [-0.05, 0) is 40.9 Å². The van der Waals surface area contributed by atoms with Crippen molar-refractivity contribution in [3.05, 3.63) is 84.4 Å². The second-order valence-corrected chi connectivity index (χ2v) is 5.17. The van der Waals surface area contributed by atoms with Gasteiger partial charge in [-0.25, -0.2) is 0 Å². The minimum Gasteiger partial charge on any atom is -0.316 e. The van der Waals surface area contributed by atoms with Gasteiger partial charge < -0.3 is 5.32 Å². The van der Waals surface area contributed by atoms with E-state index in [0.29, 0.717) is 0 Å². The van der Waals surface area contributed by atoms with Gasteiger partial charge in [0.05, 0.1) is 0 Å². The molecule has 21 heavy (non-hydrogen) atoms. The van der Waals surface area contributed by atoms with Crippen molar-refractivity contribution in [2.24, 2.45) is 0 Å². The molecule has 0 saturated heterocycles. The molecular formula is C20H19N. The zero-order chi connectivity index (χ0) is 14.5. The molecule has 0 bridgehead atoms. The number of hydrogen-bond donors (Lipinski definition) is 1. The van der Waals surface area contributed by atoms with E-state index in [9.17, 15) is 0 Å². The molecule has 3 rings (SSSR count). The lowest BCUT2D eigenvalue weighted by molar-refractivity contribution is 0.818. The highest BCUT2D eigenvalue weighted by atomic mass is 14.8. The lowest BCUT2D eigenvalue weighted by Crippen LogP contribution is -2.04. The van der Waals surface area contributed by atoms with Crippen LogP contribution in [0.3, 0.4) is 0 Å². The van der Waals surface area contributed by atoms with Gasteiger partial charge in [0.25, 0.3) is 0 Å². The topological polar surface area (TPSA) is 12.0 Å². The van der Waals surface area contributed by atoms with Crippen molar-refractivity contribution in [1.29, 1.82) is 0 Å².